The highest BCUT2D eigenvalue weighted by Gasteiger charge is 2.51. The van der Waals surface area contributed by atoms with E-state index in [1.165, 1.54) is 0 Å². The predicted molar refractivity (Wildman–Crippen MR) is 129 cm³/mol. The molecule has 1 unspecified atom stereocenters. The van der Waals surface area contributed by atoms with Gasteiger partial charge in [-0.1, -0.05) is 30.3 Å². The van der Waals surface area contributed by atoms with Crippen molar-refractivity contribution in [2.24, 2.45) is 0 Å². The van der Waals surface area contributed by atoms with Gasteiger partial charge in [0.1, 0.15) is 17.2 Å². The second-order valence-electron chi connectivity index (χ2n) is 7.67. The summed E-state index contributed by atoms with van der Waals surface area (Å²) in [6.45, 7) is 0.494. The number of nitrogens with zero attached hydrogens (tertiary/aromatic N) is 3. The third-order valence-corrected chi connectivity index (χ3v) is 9.39. The lowest BCUT2D eigenvalue weighted by Gasteiger charge is -2.36. The number of hydrogen-bond donors (Lipinski definition) is 0. The van der Waals surface area contributed by atoms with Crippen LogP contribution in [0.3, 0.4) is 0 Å². The summed E-state index contributed by atoms with van der Waals surface area (Å²) in [5.74, 6) is 1.37. The molecule has 0 radical (unpaired) electrons. The minimum atomic E-state index is -3.52. The topological polar surface area (TPSA) is 85.2 Å². The highest BCUT2D eigenvalue weighted by atomic mass is 31.2. The van der Waals surface area contributed by atoms with Crippen LogP contribution in [-0.4, -0.2) is 38.8 Å². The number of methoxy groups -OCH3 is 2. The Morgan fingerprint density at radius 3 is 1.70 bits per heavy atom. The first-order valence-corrected chi connectivity index (χ1v) is 12.3. The Morgan fingerprint density at radius 1 is 0.848 bits per heavy atom. The molecule has 0 aliphatic carbocycles. The molecule has 172 valence electrons. The molecule has 0 bridgehead atoms. The molecule has 9 heteroatoms. The van der Waals surface area contributed by atoms with Crippen LogP contribution in [0.2, 0.25) is 0 Å². The molecule has 3 aromatic rings. The fourth-order valence-corrected chi connectivity index (χ4v) is 7.78. The van der Waals surface area contributed by atoms with Gasteiger partial charge in [-0.25, -0.2) is 0 Å². The average Bonchev–Trinajstić information content (AvgIpc) is 3.20. The maximum atomic E-state index is 15.1. The molecular weight excluding hydrogens is 441 g/mol. The summed E-state index contributed by atoms with van der Waals surface area (Å²) in [7, 11) is -0.350. The standard InChI is InChI=1S/C24H26N3O5P/c1-31-22-12-8-20(9-13-22)25-16-17-26(21-10-14-23(32-2)15-11-21)33(25,30)24(18-27(28)29)19-6-4-3-5-7-19/h3-15,24H,16-18H2,1-2H3. The zero-order valence-corrected chi connectivity index (χ0v) is 19.4. The van der Waals surface area contributed by atoms with Gasteiger partial charge in [-0.05, 0) is 54.1 Å². The van der Waals surface area contributed by atoms with Gasteiger partial charge in [0.05, 0.1) is 14.2 Å². The number of hydrogen-bond acceptors (Lipinski definition) is 5. The maximum Gasteiger partial charge on any atom is 0.277 e. The average molecular weight is 467 g/mol. The van der Waals surface area contributed by atoms with E-state index in [1.54, 1.807) is 38.5 Å². The van der Waals surface area contributed by atoms with E-state index in [-0.39, 0.29) is 4.92 Å². The highest BCUT2D eigenvalue weighted by molar-refractivity contribution is 7.68. The van der Waals surface area contributed by atoms with Gasteiger partial charge in [-0.2, -0.15) is 0 Å². The molecule has 0 spiro atoms. The summed E-state index contributed by atoms with van der Waals surface area (Å²) in [5, 5.41) is 11.7. The molecule has 0 N–H and O–H groups in total. The third kappa shape index (κ3) is 4.39. The van der Waals surface area contributed by atoms with Gasteiger partial charge in [0.2, 0.25) is 6.54 Å². The SMILES string of the molecule is COc1ccc(N2CCN(c3ccc(OC)cc3)P2(=O)C(C[N+](=O)[O-])c2ccccc2)cc1. The Morgan fingerprint density at radius 2 is 1.30 bits per heavy atom. The normalized spacial score (nSPS) is 15.8. The molecule has 33 heavy (non-hydrogen) atoms. The highest BCUT2D eigenvalue weighted by Crippen LogP contribution is 2.69. The van der Waals surface area contributed by atoms with Crippen LogP contribution in [-0.2, 0) is 4.57 Å². The van der Waals surface area contributed by atoms with E-state index in [9.17, 15) is 10.1 Å². The first kappa shape index (κ1) is 22.7. The van der Waals surface area contributed by atoms with Crippen molar-refractivity contribution in [3.63, 3.8) is 0 Å². The monoisotopic (exact) mass is 467 g/mol. The first-order valence-electron chi connectivity index (χ1n) is 10.6. The van der Waals surface area contributed by atoms with Crippen LogP contribution in [0.4, 0.5) is 11.4 Å². The van der Waals surface area contributed by atoms with Crippen molar-refractivity contribution in [3.8, 4) is 11.5 Å². The van der Waals surface area contributed by atoms with E-state index < -0.39 is 19.6 Å². The van der Waals surface area contributed by atoms with Crippen molar-refractivity contribution in [2.45, 2.75) is 5.66 Å². The van der Waals surface area contributed by atoms with Crippen molar-refractivity contribution in [3.05, 3.63) is 94.5 Å². The number of ether oxygens (including phenoxy) is 2. The Hall–Kier alpha value is -3.51. The summed E-state index contributed by atoms with van der Waals surface area (Å²) >= 11 is 0. The molecule has 0 saturated carbocycles. The molecule has 4 rings (SSSR count). The third-order valence-electron chi connectivity index (χ3n) is 5.87. The minimum Gasteiger partial charge on any atom is -0.497 e. The Balaban J connectivity index is 1.86. The predicted octanol–water partition coefficient (Wildman–Crippen LogP) is 5.24. The fourth-order valence-electron chi connectivity index (χ4n) is 4.26. The fraction of sp³-hybridized carbons (Fsp3) is 0.250. The summed E-state index contributed by atoms with van der Waals surface area (Å²) < 4.78 is 29.3. The van der Waals surface area contributed by atoms with Crippen LogP contribution < -0.4 is 18.8 Å². The lowest BCUT2D eigenvalue weighted by Crippen LogP contribution is -2.27. The summed E-state index contributed by atoms with van der Waals surface area (Å²) in [5.41, 5.74) is 1.33. The molecule has 0 aromatic heterocycles. The Bertz CT molecular complexity index is 1080. The number of nitro groups is 1. The van der Waals surface area contributed by atoms with Gasteiger partial charge in [0.15, 0.2) is 0 Å². The van der Waals surface area contributed by atoms with Gasteiger partial charge in [-0.3, -0.25) is 14.7 Å². The molecule has 3 aromatic carbocycles. The number of benzene rings is 3. The molecule has 1 saturated heterocycles. The van der Waals surface area contributed by atoms with Crippen molar-refractivity contribution < 1.29 is 19.0 Å². The quantitative estimate of drug-likeness (QED) is 0.254. The van der Waals surface area contributed by atoms with Crippen molar-refractivity contribution in [1.82, 2.24) is 0 Å². The van der Waals surface area contributed by atoms with E-state index in [0.717, 1.165) is 11.4 Å². The van der Waals surface area contributed by atoms with Gasteiger partial charge < -0.3 is 18.8 Å². The first-order chi connectivity index (χ1) is 16.0. The lowest BCUT2D eigenvalue weighted by atomic mass is 10.1. The molecule has 1 fully saturated rings. The second kappa shape index (κ2) is 9.55. The second-order valence-corrected chi connectivity index (χ2v) is 10.4. The Labute approximate surface area is 193 Å². The molecule has 1 heterocycles. The van der Waals surface area contributed by atoms with Gasteiger partial charge in [0, 0.05) is 29.4 Å². The minimum absolute atomic E-state index is 0.381. The molecule has 8 nitrogen and oxygen atoms in total. The summed E-state index contributed by atoms with van der Waals surface area (Å²) in [6, 6.07) is 23.7. The summed E-state index contributed by atoms with van der Waals surface area (Å²) in [4.78, 5) is 11.4. The van der Waals surface area contributed by atoms with Gasteiger partial charge >= 0.3 is 0 Å². The molecule has 1 atom stereocenters. The Kier molecular flexibility index (Phi) is 6.56. The number of rotatable bonds is 8. The smallest absolute Gasteiger partial charge is 0.277 e. The van der Waals surface area contributed by atoms with Crippen LogP contribution in [0.5, 0.6) is 11.5 Å². The molecule has 1 aliphatic heterocycles. The van der Waals surface area contributed by atoms with Gasteiger partial charge in [0.25, 0.3) is 7.44 Å². The van der Waals surface area contributed by atoms with E-state index in [1.807, 2.05) is 63.9 Å². The van der Waals surface area contributed by atoms with E-state index in [0.29, 0.717) is 30.2 Å². The largest absolute Gasteiger partial charge is 0.497 e. The van der Waals surface area contributed by atoms with Crippen molar-refractivity contribution in [2.75, 3.05) is 43.2 Å². The van der Waals surface area contributed by atoms with Crippen LogP contribution in [0.15, 0.2) is 78.9 Å². The van der Waals surface area contributed by atoms with E-state index in [4.69, 9.17) is 9.47 Å². The van der Waals surface area contributed by atoms with Crippen molar-refractivity contribution >= 4 is 18.8 Å². The molecular formula is C24H26N3O5P. The molecule has 0 amide bonds. The van der Waals surface area contributed by atoms with Crippen molar-refractivity contribution in [1.29, 1.82) is 0 Å². The van der Waals surface area contributed by atoms with Crippen LogP contribution >= 0.6 is 7.44 Å². The molecule has 1 aliphatic rings. The zero-order chi connectivity index (χ0) is 23.4. The zero-order valence-electron chi connectivity index (χ0n) is 18.5. The van der Waals surface area contributed by atoms with E-state index in [2.05, 4.69) is 0 Å². The van der Waals surface area contributed by atoms with Crippen LogP contribution in [0.25, 0.3) is 0 Å². The van der Waals surface area contributed by atoms with Crippen LogP contribution in [0, 0.1) is 10.1 Å². The van der Waals surface area contributed by atoms with Gasteiger partial charge in [-0.15, -0.1) is 0 Å². The number of anilines is 2. The maximum absolute atomic E-state index is 15.1. The summed E-state index contributed by atoms with van der Waals surface area (Å²) in [6.07, 6.45) is 0. The lowest BCUT2D eigenvalue weighted by molar-refractivity contribution is -0.480. The van der Waals surface area contributed by atoms with E-state index >= 15 is 4.57 Å². The van der Waals surface area contributed by atoms with Crippen LogP contribution in [0.1, 0.15) is 11.2 Å².